The molecule has 1 atom stereocenters. The highest BCUT2D eigenvalue weighted by molar-refractivity contribution is 9.09. The average molecular weight is 353 g/mol. The van der Waals surface area contributed by atoms with Crippen LogP contribution in [0.25, 0.3) is 0 Å². The van der Waals surface area contributed by atoms with E-state index >= 15 is 0 Å². The molecule has 0 bridgehead atoms. The average Bonchev–Trinajstić information content (AvgIpc) is 2.88. The second-order valence-electron chi connectivity index (χ2n) is 5.98. The van der Waals surface area contributed by atoms with Crippen molar-refractivity contribution in [3.63, 3.8) is 0 Å². The minimum Gasteiger partial charge on any atom is -0.497 e. The maximum Gasteiger partial charge on any atom is 0.119 e. The molecule has 1 heterocycles. The molecule has 1 aromatic carbocycles. The first-order valence-corrected chi connectivity index (χ1v) is 8.50. The lowest BCUT2D eigenvalue weighted by Gasteiger charge is -2.15. The van der Waals surface area contributed by atoms with E-state index in [0.717, 1.165) is 12.2 Å². The minimum atomic E-state index is 0.228. The summed E-state index contributed by atoms with van der Waals surface area (Å²) in [4.78, 5) is 3.18. The second kappa shape index (κ2) is 6.31. The molecule has 0 saturated carbocycles. The van der Waals surface area contributed by atoms with Crippen molar-refractivity contribution in [2.45, 2.75) is 37.4 Å². The molecule has 1 unspecified atom stereocenters. The molecule has 1 nitrogen and oxygen atoms in total. The van der Waals surface area contributed by atoms with E-state index in [2.05, 4.69) is 61.0 Å². The lowest BCUT2D eigenvalue weighted by atomic mass is 9.95. The van der Waals surface area contributed by atoms with Gasteiger partial charge in [0.25, 0.3) is 0 Å². The molecule has 20 heavy (non-hydrogen) atoms. The van der Waals surface area contributed by atoms with Crippen molar-refractivity contribution in [1.29, 1.82) is 0 Å². The van der Waals surface area contributed by atoms with Crippen LogP contribution in [0, 0.1) is 0 Å². The SMILES string of the molecule is COc1cccc(CC(Br)c2ccc(C(C)(C)C)s2)c1. The standard InChI is InChI=1S/C17H21BrOS/c1-17(2,3)16-9-8-15(20-16)14(18)11-12-6-5-7-13(10-12)19-4/h5-10,14H,11H2,1-4H3. The van der Waals surface area contributed by atoms with Gasteiger partial charge >= 0.3 is 0 Å². The fraction of sp³-hybridized carbons (Fsp3) is 0.412. The van der Waals surface area contributed by atoms with Crippen LogP contribution in [-0.4, -0.2) is 7.11 Å². The number of rotatable bonds is 4. The predicted octanol–water partition coefficient (Wildman–Crippen LogP) is 5.73. The van der Waals surface area contributed by atoms with Crippen LogP contribution >= 0.6 is 27.3 Å². The van der Waals surface area contributed by atoms with E-state index in [4.69, 9.17) is 4.74 Å². The predicted molar refractivity (Wildman–Crippen MR) is 91.4 cm³/mol. The van der Waals surface area contributed by atoms with Gasteiger partial charge < -0.3 is 4.74 Å². The fourth-order valence-corrected chi connectivity index (χ4v) is 3.88. The Bertz CT molecular complexity index is 568. The van der Waals surface area contributed by atoms with E-state index in [0.29, 0.717) is 4.83 Å². The van der Waals surface area contributed by atoms with Gasteiger partial charge in [-0.1, -0.05) is 48.8 Å². The Labute approximate surface area is 134 Å². The van der Waals surface area contributed by atoms with Crippen molar-refractivity contribution in [3.8, 4) is 5.75 Å². The molecule has 0 N–H and O–H groups in total. The molecule has 0 amide bonds. The van der Waals surface area contributed by atoms with Crippen molar-refractivity contribution in [3.05, 3.63) is 51.7 Å². The number of alkyl halides is 1. The zero-order chi connectivity index (χ0) is 14.8. The Morgan fingerprint density at radius 1 is 1.20 bits per heavy atom. The highest BCUT2D eigenvalue weighted by Gasteiger charge is 2.18. The molecule has 0 aliphatic rings. The van der Waals surface area contributed by atoms with Crippen LogP contribution in [0.4, 0.5) is 0 Å². The highest BCUT2D eigenvalue weighted by Crippen LogP contribution is 2.37. The van der Waals surface area contributed by atoms with E-state index in [1.165, 1.54) is 15.3 Å². The van der Waals surface area contributed by atoms with Crippen molar-refractivity contribution in [2.75, 3.05) is 7.11 Å². The molecule has 2 aromatic rings. The number of benzene rings is 1. The van der Waals surface area contributed by atoms with Crippen LogP contribution in [0.3, 0.4) is 0 Å². The zero-order valence-electron chi connectivity index (χ0n) is 12.4. The molecule has 0 fully saturated rings. The summed E-state index contributed by atoms with van der Waals surface area (Å²) >= 11 is 5.72. The lowest BCUT2D eigenvalue weighted by molar-refractivity contribution is 0.414. The van der Waals surface area contributed by atoms with Crippen LogP contribution < -0.4 is 4.74 Å². The topological polar surface area (TPSA) is 9.23 Å². The van der Waals surface area contributed by atoms with Crippen molar-refractivity contribution < 1.29 is 4.74 Å². The van der Waals surface area contributed by atoms with Gasteiger partial charge in [0.1, 0.15) is 5.75 Å². The third-order valence-electron chi connectivity index (χ3n) is 3.22. The quantitative estimate of drug-likeness (QED) is 0.638. The summed E-state index contributed by atoms with van der Waals surface area (Å²) < 4.78 is 5.28. The van der Waals surface area contributed by atoms with Gasteiger partial charge in [-0.15, -0.1) is 11.3 Å². The molecule has 1 aromatic heterocycles. The normalized spacial score (nSPS) is 13.2. The van der Waals surface area contributed by atoms with E-state index in [9.17, 15) is 0 Å². The van der Waals surface area contributed by atoms with Gasteiger partial charge in [0.15, 0.2) is 0 Å². The Morgan fingerprint density at radius 2 is 1.95 bits per heavy atom. The zero-order valence-corrected chi connectivity index (χ0v) is 14.8. The van der Waals surface area contributed by atoms with Crippen LogP contribution in [-0.2, 0) is 11.8 Å². The molecular formula is C17H21BrOS. The maximum atomic E-state index is 5.28. The molecular weight excluding hydrogens is 332 g/mol. The fourth-order valence-electron chi connectivity index (χ4n) is 2.03. The molecule has 108 valence electrons. The number of hydrogen-bond donors (Lipinski definition) is 0. The van der Waals surface area contributed by atoms with E-state index in [-0.39, 0.29) is 5.41 Å². The Kier molecular flexibility index (Phi) is 4.92. The first-order valence-electron chi connectivity index (χ1n) is 6.77. The molecule has 2 rings (SSSR count). The molecule has 0 spiro atoms. The summed E-state index contributed by atoms with van der Waals surface area (Å²) in [5.74, 6) is 0.920. The van der Waals surface area contributed by atoms with E-state index in [1.54, 1.807) is 7.11 Å². The number of hydrogen-bond acceptors (Lipinski definition) is 2. The summed E-state index contributed by atoms with van der Waals surface area (Å²) in [6, 6.07) is 12.8. The first-order chi connectivity index (χ1) is 9.40. The number of halogens is 1. The van der Waals surface area contributed by atoms with Gasteiger partial charge in [-0.05, 0) is 41.7 Å². The van der Waals surface area contributed by atoms with Crippen molar-refractivity contribution in [2.24, 2.45) is 0 Å². The molecule has 0 saturated heterocycles. The summed E-state index contributed by atoms with van der Waals surface area (Å²) in [6.07, 6.45) is 0.974. The van der Waals surface area contributed by atoms with Crippen molar-refractivity contribution in [1.82, 2.24) is 0 Å². The second-order valence-corrected chi connectivity index (χ2v) is 8.20. The Morgan fingerprint density at radius 3 is 2.55 bits per heavy atom. The third kappa shape index (κ3) is 3.86. The third-order valence-corrected chi connectivity index (χ3v) is 5.97. The number of methoxy groups -OCH3 is 1. The van der Waals surface area contributed by atoms with Gasteiger partial charge in [-0.2, -0.15) is 0 Å². The van der Waals surface area contributed by atoms with Gasteiger partial charge in [0.05, 0.1) is 11.9 Å². The smallest absolute Gasteiger partial charge is 0.119 e. The van der Waals surface area contributed by atoms with Crippen LogP contribution in [0.15, 0.2) is 36.4 Å². The summed E-state index contributed by atoms with van der Waals surface area (Å²) in [5.41, 5.74) is 1.52. The van der Waals surface area contributed by atoms with Gasteiger partial charge in [0.2, 0.25) is 0 Å². The first kappa shape index (κ1) is 15.6. The molecule has 0 radical (unpaired) electrons. The van der Waals surface area contributed by atoms with E-state index < -0.39 is 0 Å². The number of thiophene rings is 1. The van der Waals surface area contributed by atoms with Gasteiger partial charge in [-0.3, -0.25) is 0 Å². The lowest BCUT2D eigenvalue weighted by Crippen LogP contribution is -2.07. The molecule has 0 aliphatic heterocycles. The molecule has 3 heteroatoms. The maximum absolute atomic E-state index is 5.28. The minimum absolute atomic E-state index is 0.228. The van der Waals surface area contributed by atoms with Gasteiger partial charge in [-0.25, -0.2) is 0 Å². The highest BCUT2D eigenvalue weighted by atomic mass is 79.9. The summed E-state index contributed by atoms with van der Waals surface area (Å²) in [5, 5.41) is 0. The van der Waals surface area contributed by atoms with Gasteiger partial charge in [0, 0.05) is 9.75 Å². The Hall–Kier alpha value is -0.800. The van der Waals surface area contributed by atoms with Crippen LogP contribution in [0.5, 0.6) is 5.75 Å². The Balaban J connectivity index is 2.11. The molecule has 0 aliphatic carbocycles. The summed E-state index contributed by atoms with van der Waals surface area (Å²) in [6.45, 7) is 6.77. The van der Waals surface area contributed by atoms with Crippen molar-refractivity contribution >= 4 is 27.3 Å². The monoisotopic (exact) mass is 352 g/mol. The van der Waals surface area contributed by atoms with Crippen LogP contribution in [0.2, 0.25) is 0 Å². The summed E-state index contributed by atoms with van der Waals surface area (Å²) in [7, 11) is 1.71. The van der Waals surface area contributed by atoms with Crippen LogP contribution in [0.1, 0.15) is 40.9 Å². The van der Waals surface area contributed by atoms with E-state index in [1.807, 2.05) is 23.5 Å². The largest absolute Gasteiger partial charge is 0.497 e. The number of ether oxygens (including phenoxy) is 1.